The highest BCUT2D eigenvalue weighted by molar-refractivity contribution is 6.33. The van der Waals surface area contributed by atoms with Gasteiger partial charge in [0, 0.05) is 28.2 Å². The predicted octanol–water partition coefficient (Wildman–Crippen LogP) is 0.804. The second-order valence-corrected chi connectivity index (χ2v) is 5.52. The zero-order valence-electron chi connectivity index (χ0n) is 13.3. The van der Waals surface area contributed by atoms with E-state index in [-0.39, 0.29) is 5.95 Å². The second-order valence-electron chi connectivity index (χ2n) is 5.52. The normalized spacial score (nSPS) is 13.3. The first kappa shape index (κ1) is 14.9. The topological polar surface area (TPSA) is 82.5 Å². The molecular formula is C15H16N6O2. The molecule has 2 aromatic rings. The Hall–Kier alpha value is -3.03. The van der Waals surface area contributed by atoms with E-state index in [1.807, 2.05) is 0 Å². The average molecular weight is 312 g/mol. The quantitative estimate of drug-likeness (QED) is 0.775. The lowest BCUT2D eigenvalue weighted by Gasteiger charge is -2.19. The summed E-state index contributed by atoms with van der Waals surface area (Å²) in [5.74, 6) is -0.0819. The average Bonchev–Trinajstić information content (AvgIpc) is 2.79. The number of anilines is 3. The summed E-state index contributed by atoms with van der Waals surface area (Å²) in [5, 5.41) is 0. The molecule has 0 spiro atoms. The molecule has 8 heteroatoms. The predicted molar refractivity (Wildman–Crippen MR) is 86.1 cm³/mol. The van der Waals surface area contributed by atoms with Crippen LogP contribution in [0.15, 0.2) is 24.3 Å². The third-order valence-electron chi connectivity index (χ3n) is 3.39. The molecule has 118 valence electrons. The van der Waals surface area contributed by atoms with Gasteiger partial charge in [-0.1, -0.05) is 12.1 Å². The molecule has 1 aromatic carbocycles. The monoisotopic (exact) mass is 312 g/mol. The molecule has 3 rings (SSSR count). The fraction of sp³-hybridized carbons (Fsp3) is 0.267. The lowest BCUT2D eigenvalue weighted by molar-refractivity contribution is 0.0924. The van der Waals surface area contributed by atoms with Crippen molar-refractivity contribution in [3.63, 3.8) is 0 Å². The molecule has 1 aliphatic rings. The summed E-state index contributed by atoms with van der Waals surface area (Å²) in [6, 6.07) is 6.68. The number of rotatable bonds is 3. The van der Waals surface area contributed by atoms with E-state index in [0.717, 1.165) is 4.90 Å². The fourth-order valence-electron chi connectivity index (χ4n) is 2.21. The number of benzene rings is 1. The molecule has 0 fully saturated rings. The van der Waals surface area contributed by atoms with Gasteiger partial charge in [0.2, 0.25) is 17.8 Å². The molecule has 0 unspecified atom stereocenters. The number of hydrogen-bond acceptors (Lipinski definition) is 7. The van der Waals surface area contributed by atoms with Gasteiger partial charge in [-0.2, -0.15) is 15.0 Å². The molecule has 0 atom stereocenters. The lowest BCUT2D eigenvalue weighted by atomic mass is 10.1. The smallest absolute Gasteiger partial charge is 0.268 e. The van der Waals surface area contributed by atoms with Gasteiger partial charge >= 0.3 is 0 Å². The first-order valence-electron chi connectivity index (χ1n) is 6.98. The molecule has 0 saturated carbocycles. The Bertz CT molecular complexity index is 741. The Labute approximate surface area is 133 Å². The highest BCUT2D eigenvalue weighted by Crippen LogP contribution is 2.27. The molecule has 1 aliphatic heterocycles. The van der Waals surface area contributed by atoms with Gasteiger partial charge < -0.3 is 9.80 Å². The zero-order chi connectivity index (χ0) is 16.7. The van der Waals surface area contributed by atoms with Crippen LogP contribution >= 0.6 is 0 Å². The summed E-state index contributed by atoms with van der Waals surface area (Å²) in [5.41, 5.74) is 0.714. The minimum absolute atomic E-state index is 0.0265. The molecule has 0 aliphatic carbocycles. The lowest BCUT2D eigenvalue weighted by Crippen LogP contribution is -2.32. The third kappa shape index (κ3) is 2.37. The van der Waals surface area contributed by atoms with Crippen LogP contribution in [0.3, 0.4) is 0 Å². The van der Waals surface area contributed by atoms with Crippen molar-refractivity contribution < 1.29 is 9.59 Å². The summed E-state index contributed by atoms with van der Waals surface area (Å²) in [4.78, 5) is 42.2. The van der Waals surface area contributed by atoms with E-state index >= 15 is 0 Å². The Morgan fingerprint density at radius 3 is 1.61 bits per heavy atom. The van der Waals surface area contributed by atoms with Crippen molar-refractivity contribution in [3.05, 3.63) is 35.4 Å². The van der Waals surface area contributed by atoms with Crippen LogP contribution in [0.4, 0.5) is 17.8 Å². The van der Waals surface area contributed by atoms with Gasteiger partial charge in [-0.15, -0.1) is 0 Å². The van der Waals surface area contributed by atoms with E-state index in [2.05, 4.69) is 15.0 Å². The van der Waals surface area contributed by atoms with E-state index in [0.29, 0.717) is 23.0 Å². The number of carbonyl (C=O) groups is 2. The first-order chi connectivity index (χ1) is 10.9. The standard InChI is InChI=1S/C15H16N6O2/c1-19(2)13-16-14(20(3)4)18-15(17-13)21-11(22)9-7-5-6-8-10(9)12(21)23/h5-8H,1-4H3. The van der Waals surface area contributed by atoms with E-state index in [1.54, 1.807) is 62.3 Å². The summed E-state index contributed by atoms with van der Waals surface area (Å²) < 4.78 is 0. The minimum atomic E-state index is -0.425. The maximum Gasteiger partial charge on any atom is 0.268 e. The molecule has 2 amide bonds. The first-order valence-corrected chi connectivity index (χ1v) is 6.98. The number of hydrogen-bond donors (Lipinski definition) is 0. The van der Waals surface area contributed by atoms with Crippen LogP contribution in [-0.2, 0) is 0 Å². The van der Waals surface area contributed by atoms with Gasteiger partial charge in [0.25, 0.3) is 11.8 Å². The maximum absolute atomic E-state index is 12.5. The van der Waals surface area contributed by atoms with E-state index < -0.39 is 11.8 Å². The molecule has 0 bridgehead atoms. The van der Waals surface area contributed by atoms with Crippen molar-refractivity contribution in [2.45, 2.75) is 0 Å². The third-order valence-corrected chi connectivity index (χ3v) is 3.39. The van der Waals surface area contributed by atoms with Gasteiger partial charge in [-0.05, 0) is 12.1 Å². The minimum Gasteiger partial charge on any atom is -0.347 e. The maximum atomic E-state index is 12.5. The highest BCUT2D eigenvalue weighted by Gasteiger charge is 2.38. The number of fused-ring (bicyclic) bond motifs is 1. The van der Waals surface area contributed by atoms with Crippen molar-refractivity contribution in [2.24, 2.45) is 0 Å². The van der Waals surface area contributed by atoms with Crippen LogP contribution in [0.25, 0.3) is 0 Å². The molecular weight excluding hydrogens is 296 g/mol. The Morgan fingerprint density at radius 1 is 0.783 bits per heavy atom. The largest absolute Gasteiger partial charge is 0.347 e. The fourth-order valence-corrected chi connectivity index (χ4v) is 2.21. The van der Waals surface area contributed by atoms with Crippen LogP contribution in [0.1, 0.15) is 20.7 Å². The van der Waals surface area contributed by atoms with Crippen molar-refractivity contribution in [2.75, 3.05) is 42.9 Å². The van der Waals surface area contributed by atoms with Crippen molar-refractivity contribution in [3.8, 4) is 0 Å². The molecule has 8 nitrogen and oxygen atoms in total. The van der Waals surface area contributed by atoms with Crippen LogP contribution in [0.2, 0.25) is 0 Å². The molecule has 0 radical (unpaired) electrons. The summed E-state index contributed by atoms with van der Waals surface area (Å²) >= 11 is 0. The van der Waals surface area contributed by atoms with Crippen LogP contribution in [0, 0.1) is 0 Å². The molecule has 0 N–H and O–H groups in total. The van der Waals surface area contributed by atoms with Gasteiger partial charge in [-0.3, -0.25) is 9.59 Å². The Kier molecular flexibility index (Phi) is 3.44. The van der Waals surface area contributed by atoms with Gasteiger partial charge in [0.05, 0.1) is 11.1 Å². The second kappa shape index (κ2) is 5.31. The Balaban J connectivity index is 2.13. The van der Waals surface area contributed by atoms with E-state index in [1.165, 1.54) is 0 Å². The summed E-state index contributed by atoms with van der Waals surface area (Å²) in [6.45, 7) is 0. The van der Waals surface area contributed by atoms with Crippen LogP contribution < -0.4 is 14.7 Å². The van der Waals surface area contributed by atoms with Crippen LogP contribution in [-0.4, -0.2) is 55.0 Å². The van der Waals surface area contributed by atoms with Crippen molar-refractivity contribution in [1.82, 2.24) is 15.0 Å². The van der Waals surface area contributed by atoms with Crippen LogP contribution in [0.5, 0.6) is 0 Å². The zero-order valence-corrected chi connectivity index (χ0v) is 13.3. The molecule has 2 heterocycles. The summed E-state index contributed by atoms with van der Waals surface area (Å²) in [6.07, 6.45) is 0. The number of amides is 2. The Morgan fingerprint density at radius 2 is 1.22 bits per heavy atom. The SMILES string of the molecule is CN(C)c1nc(N(C)C)nc(N2C(=O)c3ccccc3C2=O)n1. The van der Waals surface area contributed by atoms with Crippen molar-refractivity contribution in [1.29, 1.82) is 0 Å². The van der Waals surface area contributed by atoms with E-state index in [4.69, 9.17) is 0 Å². The number of imide groups is 1. The van der Waals surface area contributed by atoms with E-state index in [9.17, 15) is 9.59 Å². The van der Waals surface area contributed by atoms with Crippen molar-refractivity contribution >= 4 is 29.7 Å². The number of aromatic nitrogens is 3. The number of nitrogens with zero attached hydrogens (tertiary/aromatic N) is 6. The molecule has 23 heavy (non-hydrogen) atoms. The highest BCUT2D eigenvalue weighted by atomic mass is 16.2. The van der Waals surface area contributed by atoms with Gasteiger partial charge in [0.1, 0.15) is 0 Å². The van der Waals surface area contributed by atoms with Gasteiger partial charge in [-0.25, -0.2) is 4.90 Å². The number of carbonyl (C=O) groups excluding carboxylic acids is 2. The van der Waals surface area contributed by atoms with Gasteiger partial charge in [0.15, 0.2) is 0 Å². The summed E-state index contributed by atoms with van der Waals surface area (Å²) in [7, 11) is 7.11. The molecule has 0 saturated heterocycles. The molecule has 1 aromatic heterocycles.